The molecule has 0 saturated carbocycles. The van der Waals surface area contributed by atoms with E-state index in [-0.39, 0.29) is 6.03 Å². The molecule has 4 aromatic rings. The van der Waals surface area contributed by atoms with E-state index in [1.54, 1.807) is 22.7 Å². The molecule has 0 saturated heterocycles. The first-order valence-electron chi connectivity index (χ1n) is 10.7. The molecule has 0 spiro atoms. The Bertz CT molecular complexity index is 1260. The lowest BCUT2D eigenvalue weighted by atomic mass is 10.1. The second-order valence-corrected chi connectivity index (χ2v) is 7.97. The van der Waals surface area contributed by atoms with E-state index in [9.17, 15) is 4.79 Å². The van der Waals surface area contributed by atoms with E-state index in [4.69, 9.17) is 9.84 Å². The molecule has 0 aliphatic heterocycles. The Kier molecular flexibility index (Phi) is 6.55. The number of methoxy groups -OCH3 is 1. The SMILES string of the molecule is COCc1ccc(C)c(CNC(=O)Nc2c(C)c(-c3cnn(C)c3)nn2-c2ccccc2)c1. The fraction of sp³-hybridized carbons (Fsp3) is 0.240. The van der Waals surface area contributed by atoms with E-state index in [0.29, 0.717) is 19.0 Å². The monoisotopic (exact) mass is 444 g/mol. The maximum absolute atomic E-state index is 12.9. The molecule has 0 fully saturated rings. The molecule has 0 bridgehead atoms. The van der Waals surface area contributed by atoms with Gasteiger partial charge in [-0.1, -0.05) is 36.4 Å². The summed E-state index contributed by atoms with van der Waals surface area (Å²) in [7, 11) is 3.53. The van der Waals surface area contributed by atoms with Crippen LogP contribution in [0.25, 0.3) is 16.9 Å². The largest absolute Gasteiger partial charge is 0.380 e. The predicted octanol–water partition coefficient (Wildman–Crippen LogP) is 4.36. The molecule has 0 unspecified atom stereocenters. The summed E-state index contributed by atoms with van der Waals surface area (Å²) in [6, 6.07) is 15.6. The van der Waals surface area contributed by atoms with Crippen molar-refractivity contribution >= 4 is 11.8 Å². The third kappa shape index (κ3) is 4.96. The topological polar surface area (TPSA) is 86.0 Å². The third-order valence-corrected chi connectivity index (χ3v) is 5.50. The van der Waals surface area contributed by atoms with Crippen LogP contribution in [0, 0.1) is 13.8 Å². The molecule has 0 aliphatic rings. The highest BCUT2D eigenvalue weighted by Crippen LogP contribution is 2.30. The van der Waals surface area contributed by atoms with Crippen molar-refractivity contribution in [2.45, 2.75) is 27.0 Å². The number of rotatable bonds is 7. The van der Waals surface area contributed by atoms with E-state index < -0.39 is 0 Å². The van der Waals surface area contributed by atoms with Crippen LogP contribution in [0.1, 0.15) is 22.3 Å². The molecule has 0 radical (unpaired) electrons. The molecule has 2 amide bonds. The number of aromatic nitrogens is 4. The number of para-hydroxylation sites is 1. The van der Waals surface area contributed by atoms with Gasteiger partial charge >= 0.3 is 6.03 Å². The van der Waals surface area contributed by atoms with Crippen LogP contribution in [-0.2, 0) is 24.9 Å². The molecule has 170 valence electrons. The second-order valence-electron chi connectivity index (χ2n) is 7.97. The van der Waals surface area contributed by atoms with Gasteiger partial charge < -0.3 is 10.1 Å². The van der Waals surface area contributed by atoms with Gasteiger partial charge in [0.2, 0.25) is 0 Å². The van der Waals surface area contributed by atoms with Crippen molar-refractivity contribution in [3.8, 4) is 16.9 Å². The summed E-state index contributed by atoms with van der Waals surface area (Å²) in [6.07, 6.45) is 3.68. The number of nitrogens with zero attached hydrogens (tertiary/aromatic N) is 4. The van der Waals surface area contributed by atoms with E-state index >= 15 is 0 Å². The summed E-state index contributed by atoms with van der Waals surface area (Å²) in [5.41, 5.74) is 6.60. The second kappa shape index (κ2) is 9.70. The quantitative estimate of drug-likeness (QED) is 0.444. The minimum atomic E-state index is -0.301. The molecule has 2 N–H and O–H groups in total. The number of benzene rings is 2. The van der Waals surface area contributed by atoms with Gasteiger partial charge in [0.15, 0.2) is 0 Å². The maximum Gasteiger partial charge on any atom is 0.320 e. The lowest BCUT2D eigenvalue weighted by molar-refractivity contribution is 0.185. The molecule has 8 heteroatoms. The molecule has 2 heterocycles. The Morgan fingerprint density at radius 3 is 2.61 bits per heavy atom. The number of hydrogen-bond acceptors (Lipinski definition) is 4. The van der Waals surface area contributed by atoms with Gasteiger partial charge in [-0.25, -0.2) is 9.48 Å². The van der Waals surface area contributed by atoms with Gasteiger partial charge in [-0.3, -0.25) is 10.00 Å². The lowest BCUT2D eigenvalue weighted by Gasteiger charge is -2.13. The predicted molar refractivity (Wildman–Crippen MR) is 128 cm³/mol. The van der Waals surface area contributed by atoms with Crippen molar-refractivity contribution in [2.75, 3.05) is 12.4 Å². The van der Waals surface area contributed by atoms with Crippen molar-refractivity contribution in [1.29, 1.82) is 0 Å². The average molecular weight is 445 g/mol. The zero-order valence-corrected chi connectivity index (χ0v) is 19.3. The van der Waals surface area contributed by atoms with Gasteiger partial charge in [0.05, 0.1) is 18.5 Å². The Labute approximate surface area is 193 Å². The Morgan fingerprint density at radius 1 is 1.12 bits per heavy atom. The first-order chi connectivity index (χ1) is 16.0. The summed E-state index contributed by atoms with van der Waals surface area (Å²) in [4.78, 5) is 12.9. The number of nitrogens with one attached hydrogen (secondary N) is 2. The number of aryl methyl sites for hydroxylation is 2. The van der Waals surface area contributed by atoms with Crippen LogP contribution in [0.2, 0.25) is 0 Å². The molecule has 33 heavy (non-hydrogen) atoms. The number of carbonyl (C=O) groups excluding carboxylic acids is 1. The van der Waals surface area contributed by atoms with Crippen molar-refractivity contribution in [3.63, 3.8) is 0 Å². The van der Waals surface area contributed by atoms with Gasteiger partial charge in [-0.2, -0.15) is 10.2 Å². The van der Waals surface area contributed by atoms with Gasteiger partial charge in [0.25, 0.3) is 0 Å². The number of amides is 2. The molecule has 8 nitrogen and oxygen atoms in total. The van der Waals surface area contributed by atoms with Gasteiger partial charge in [0, 0.05) is 38.0 Å². The van der Waals surface area contributed by atoms with Gasteiger partial charge in [-0.15, -0.1) is 0 Å². The van der Waals surface area contributed by atoms with Crippen LogP contribution in [0.4, 0.5) is 10.6 Å². The summed E-state index contributed by atoms with van der Waals surface area (Å²) >= 11 is 0. The maximum atomic E-state index is 12.9. The molecule has 0 aliphatic carbocycles. The number of anilines is 1. The van der Waals surface area contributed by atoms with E-state index in [1.807, 2.05) is 69.6 Å². The first-order valence-corrected chi connectivity index (χ1v) is 10.7. The zero-order valence-electron chi connectivity index (χ0n) is 19.3. The highest BCUT2D eigenvalue weighted by atomic mass is 16.5. The number of carbonyl (C=O) groups is 1. The normalized spacial score (nSPS) is 10.9. The van der Waals surface area contributed by atoms with Crippen LogP contribution in [0.5, 0.6) is 0 Å². The minimum Gasteiger partial charge on any atom is -0.380 e. The lowest BCUT2D eigenvalue weighted by Crippen LogP contribution is -2.29. The summed E-state index contributed by atoms with van der Waals surface area (Å²) in [6.45, 7) is 4.91. The summed E-state index contributed by atoms with van der Waals surface area (Å²) in [5.74, 6) is 0.613. The van der Waals surface area contributed by atoms with Crippen LogP contribution < -0.4 is 10.6 Å². The van der Waals surface area contributed by atoms with Gasteiger partial charge in [0.1, 0.15) is 11.5 Å². The van der Waals surface area contributed by atoms with E-state index in [1.165, 1.54) is 0 Å². The summed E-state index contributed by atoms with van der Waals surface area (Å²) < 4.78 is 8.70. The molecular weight excluding hydrogens is 416 g/mol. The smallest absolute Gasteiger partial charge is 0.320 e. The van der Waals surface area contributed by atoms with Crippen LogP contribution >= 0.6 is 0 Å². The molecule has 0 atom stereocenters. The number of ether oxygens (including phenoxy) is 1. The van der Waals surface area contributed by atoms with Crippen molar-refractivity contribution in [1.82, 2.24) is 24.9 Å². The van der Waals surface area contributed by atoms with Crippen LogP contribution in [0.15, 0.2) is 60.9 Å². The first kappa shape index (κ1) is 22.3. The molecular formula is C25H28N6O2. The van der Waals surface area contributed by atoms with Crippen LogP contribution in [-0.4, -0.2) is 32.7 Å². The Morgan fingerprint density at radius 2 is 1.91 bits per heavy atom. The zero-order chi connectivity index (χ0) is 23.4. The fourth-order valence-electron chi connectivity index (χ4n) is 3.72. The molecule has 2 aromatic heterocycles. The van der Waals surface area contributed by atoms with Crippen molar-refractivity contribution < 1.29 is 9.53 Å². The molecule has 2 aromatic carbocycles. The third-order valence-electron chi connectivity index (χ3n) is 5.50. The number of hydrogen-bond donors (Lipinski definition) is 2. The number of urea groups is 1. The van der Waals surface area contributed by atoms with E-state index in [0.717, 1.165) is 39.2 Å². The molecule has 4 rings (SSSR count). The average Bonchev–Trinajstić information content (AvgIpc) is 3.38. The Balaban J connectivity index is 1.59. The van der Waals surface area contributed by atoms with Crippen molar-refractivity contribution in [2.24, 2.45) is 7.05 Å². The van der Waals surface area contributed by atoms with Crippen LogP contribution in [0.3, 0.4) is 0 Å². The Hall–Kier alpha value is -3.91. The highest BCUT2D eigenvalue weighted by Gasteiger charge is 2.20. The minimum absolute atomic E-state index is 0.301. The van der Waals surface area contributed by atoms with Gasteiger partial charge in [-0.05, 0) is 42.7 Å². The standard InChI is InChI=1S/C25H28N6O2/c1-17-10-11-19(16-33-4)12-20(17)13-26-25(32)28-24-18(2)23(21-14-27-30(3)15-21)29-31(24)22-8-6-5-7-9-22/h5-12,14-15H,13,16H2,1-4H3,(H2,26,28,32). The van der Waals surface area contributed by atoms with E-state index in [2.05, 4.69) is 21.8 Å². The highest BCUT2D eigenvalue weighted by molar-refractivity contribution is 5.90. The fourth-order valence-corrected chi connectivity index (χ4v) is 3.72. The van der Waals surface area contributed by atoms with Crippen molar-refractivity contribution in [3.05, 3.63) is 83.2 Å². The summed E-state index contributed by atoms with van der Waals surface area (Å²) in [5, 5.41) is 15.0.